The van der Waals surface area contributed by atoms with Crippen molar-refractivity contribution in [2.45, 2.75) is 51.2 Å². The molecule has 168 valence electrons. The monoisotopic (exact) mass is 438 g/mol. The molecule has 1 aliphatic rings. The van der Waals surface area contributed by atoms with Gasteiger partial charge >= 0.3 is 12.1 Å². The molecule has 1 aromatic carbocycles. The topological polar surface area (TPSA) is 103 Å². The first kappa shape index (κ1) is 22.6. The van der Waals surface area contributed by atoms with E-state index in [1.807, 2.05) is 6.08 Å². The molecule has 1 aromatic heterocycles. The molecule has 4 N–H and O–H groups in total. The lowest BCUT2D eigenvalue weighted by atomic mass is 10.1. The summed E-state index contributed by atoms with van der Waals surface area (Å²) in [6, 6.07) is 3.45. The molecule has 7 nitrogen and oxygen atoms in total. The van der Waals surface area contributed by atoms with Crippen molar-refractivity contribution < 1.29 is 27.0 Å². The Balaban J connectivity index is 1.81. The largest absolute Gasteiger partial charge is 0.489 e. The van der Waals surface area contributed by atoms with Crippen molar-refractivity contribution in [2.75, 3.05) is 13.2 Å². The van der Waals surface area contributed by atoms with Crippen LogP contribution in [-0.2, 0) is 6.18 Å². The van der Waals surface area contributed by atoms with E-state index in [-0.39, 0.29) is 41.6 Å². The molecule has 0 bridgehead atoms. The van der Waals surface area contributed by atoms with E-state index < -0.39 is 11.7 Å². The summed E-state index contributed by atoms with van der Waals surface area (Å²) >= 11 is 0. The molecule has 1 saturated heterocycles. The number of hydrogen-bond donors (Lipinski definition) is 2. The molecule has 0 radical (unpaired) electrons. The summed E-state index contributed by atoms with van der Waals surface area (Å²) in [5.41, 5.74) is 10.7. The molecule has 0 saturated carbocycles. The van der Waals surface area contributed by atoms with Crippen LogP contribution >= 0.6 is 0 Å². The molecule has 0 amide bonds. The summed E-state index contributed by atoms with van der Waals surface area (Å²) < 4.78 is 53.2. The first-order valence-corrected chi connectivity index (χ1v) is 10.3. The number of unbranched alkanes of at least 4 members (excludes halogenated alkanes) is 2. The van der Waals surface area contributed by atoms with Crippen molar-refractivity contribution in [3.8, 4) is 17.1 Å². The van der Waals surface area contributed by atoms with Crippen molar-refractivity contribution in [1.82, 2.24) is 10.1 Å². The molecule has 3 rings (SSSR count). The van der Waals surface area contributed by atoms with Gasteiger partial charge in [0.05, 0.1) is 12.1 Å². The number of nitrogens with two attached hydrogens (primary N) is 2. The van der Waals surface area contributed by atoms with Gasteiger partial charge in [-0.15, -0.1) is 0 Å². The minimum Gasteiger partial charge on any atom is -0.489 e. The van der Waals surface area contributed by atoms with Gasteiger partial charge in [-0.3, -0.25) is 16.0 Å². The molecule has 1 fully saturated rings. The van der Waals surface area contributed by atoms with Crippen LogP contribution in [0.2, 0.25) is 0 Å². The SMILES string of the molecule is CCCCC=CCOc1ccc(-c2noc([C@@H]3CCC[N+]3=C(N)N)n2)cc1C(F)(F)F. The van der Waals surface area contributed by atoms with Crippen LogP contribution in [0.4, 0.5) is 13.2 Å². The number of rotatable bonds is 8. The molecule has 2 heterocycles. The number of nitrogens with zero attached hydrogens (tertiary/aromatic N) is 3. The summed E-state index contributed by atoms with van der Waals surface area (Å²) in [7, 11) is 0. The van der Waals surface area contributed by atoms with E-state index in [1.54, 1.807) is 10.7 Å². The minimum atomic E-state index is -4.59. The van der Waals surface area contributed by atoms with E-state index in [0.29, 0.717) is 13.0 Å². The Morgan fingerprint density at radius 2 is 2.13 bits per heavy atom. The van der Waals surface area contributed by atoms with Gasteiger partial charge in [-0.25, -0.2) is 0 Å². The fourth-order valence-electron chi connectivity index (χ4n) is 3.48. The van der Waals surface area contributed by atoms with Gasteiger partial charge in [0.2, 0.25) is 5.82 Å². The Bertz CT molecular complexity index is 949. The van der Waals surface area contributed by atoms with E-state index in [2.05, 4.69) is 17.1 Å². The molecule has 2 aromatic rings. The van der Waals surface area contributed by atoms with Crippen LogP contribution in [0.3, 0.4) is 0 Å². The number of guanidine groups is 1. The van der Waals surface area contributed by atoms with E-state index in [0.717, 1.165) is 31.7 Å². The van der Waals surface area contributed by atoms with Crippen molar-refractivity contribution in [1.29, 1.82) is 0 Å². The molecule has 0 spiro atoms. The highest BCUT2D eigenvalue weighted by Crippen LogP contribution is 2.39. The third-order valence-electron chi connectivity index (χ3n) is 5.08. The van der Waals surface area contributed by atoms with E-state index >= 15 is 0 Å². The van der Waals surface area contributed by atoms with Gasteiger partial charge < -0.3 is 9.26 Å². The number of aromatic nitrogens is 2. The standard InChI is InChI=1S/C21H26F3N5O2/c1-2-3-4-5-6-12-30-17-10-9-14(13-15(17)21(22,23)24)18-27-19(31-28-18)16-8-7-11-29(16)20(25)26/h5-6,9-10,13,16H,2-4,7-8,11-12H2,1H3,(H3,25,26)/p+1/t16-/m0/s1. The Labute approximate surface area is 178 Å². The number of alkyl halides is 3. The predicted octanol–water partition coefficient (Wildman–Crippen LogP) is 4.00. The Morgan fingerprint density at radius 3 is 2.84 bits per heavy atom. The van der Waals surface area contributed by atoms with Gasteiger partial charge in [-0.2, -0.15) is 18.2 Å². The molecule has 1 atom stereocenters. The third-order valence-corrected chi connectivity index (χ3v) is 5.08. The number of benzene rings is 1. The van der Waals surface area contributed by atoms with Crippen LogP contribution < -0.4 is 16.2 Å². The van der Waals surface area contributed by atoms with Crippen LogP contribution in [-0.4, -0.2) is 33.8 Å². The second-order valence-electron chi connectivity index (χ2n) is 7.37. The van der Waals surface area contributed by atoms with Gasteiger partial charge in [-0.1, -0.05) is 37.1 Å². The average Bonchev–Trinajstić information content (AvgIpc) is 3.39. The normalized spacial score (nSPS) is 16.9. The summed E-state index contributed by atoms with van der Waals surface area (Å²) in [6.07, 6.45) is 3.56. The minimum absolute atomic E-state index is 0.0625. The van der Waals surface area contributed by atoms with Crippen LogP contribution in [0, 0.1) is 0 Å². The highest BCUT2D eigenvalue weighted by molar-refractivity contribution is 5.70. The fourth-order valence-corrected chi connectivity index (χ4v) is 3.48. The van der Waals surface area contributed by atoms with Crippen molar-refractivity contribution in [3.63, 3.8) is 0 Å². The van der Waals surface area contributed by atoms with E-state index in [9.17, 15) is 13.2 Å². The first-order chi connectivity index (χ1) is 14.8. The molecule has 0 aliphatic carbocycles. The summed E-state index contributed by atoms with van der Waals surface area (Å²) in [5.74, 6) is 0.236. The Morgan fingerprint density at radius 1 is 1.32 bits per heavy atom. The lowest BCUT2D eigenvalue weighted by Crippen LogP contribution is -2.35. The van der Waals surface area contributed by atoms with Crippen LogP contribution in [0.1, 0.15) is 56.5 Å². The highest BCUT2D eigenvalue weighted by atomic mass is 19.4. The molecule has 0 unspecified atom stereocenters. The second kappa shape index (κ2) is 9.84. The van der Waals surface area contributed by atoms with Gasteiger partial charge in [0.15, 0.2) is 6.04 Å². The molecule has 10 heteroatoms. The van der Waals surface area contributed by atoms with Crippen LogP contribution in [0.5, 0.6) is 5.75 Å². The third kappa shape index (κ3) is 5.56. The Kier molecular flexibility index (Phi) is 7.19. The first-order valence-electron chi connectivity index (χ1n) is 10.3. The molecule has 1 aliphatic heterocycles. The van der Waals surface area contributed by atoms with Crippen LogP contribution in [0.25, 0.3) is 11.4 Å². The zero-order chi connectivity index (χ0) is 22.4. The lowest BCUT2D eigenvalue weighted by molar-refractivity contribution is -0.555. The van der Waals surface area contributed by atoms with Gasteiger partial charge in [0, 0.05) is 5.56 Å². The molecule has 31 heavy (non-hydrogen) atoms. The van der Waals surface area contributed by atoms with Gasteiger partial charge in [0.1, 0.15) is 12.4 Å². The summed E-state index contributed by atoms with van der Waals surface area (Å²) in [6.45, 7) is 2.79. The summed E-state index contributed by atoms with van der Waals surface area (Å²) in [4.78, 5) is 4.29. The number of allylic oxidation sites excluding steroid dienone is 1. The summed E-state index contributed by atoms with van der Waals surface area (Å²) in [5, 5.41) is 3.86. The molecular weight excluding hydrogens is 411 g/mol. The second-order valence-corrected chi connectivity index (χ2v) is 7.37. The average molecular weight is 438 g/mol. The van der Waals surface area contributed by atoms with Crippen molar-refractivity contribution in [3.05, 3.63) is 41.8 Å². The number of halogens is 3. The molecular formula is C21H27F3N5O2+. The smallest absolute Gasteiger partial charge is 0.419 e. The lowest BCUT2D eigenvalue weighted by Gasteiger charge is -2.14. The van der Waals surface area contributed by atoms with Crippen LogP contribution in [0.15, 0.2) is 34.9 Å². The Hall–Kier alpha value is -3.04. The quantitative estimate of drug-likeness (QED) is 0.279. The fraction of sp³-hybridized carbons (Fsp3) is 0.476. The highest BCUT2D eigenvalue weighted by Gasteiger charge is 2.36. The van der Waals surface area contributed by atoms with Crippen molar-refractivity contribution >= 4 is 5.96 Å². The zero-order valence-electron chi connectivity index (χ0n) is 17.4. The van der Waals surface area contributed by atoms with Gasteiger partial charge in [-0.05, 0) is 37.5 Å². The van der Waals surface area contributed by atoms with E-state index in [4.69, 9.17) is 20.7 Å². The zero-order valence-corrected chi connectivity index (χ0v) is 17.4. The maximum atomic E-state index is 13.6. The maximum absolute atomic E-state index is 13.6. The van der Waals surface area contributed by atoms with Gasteiger partial charge in [0.25, 0.3) is 5.89 Å². The maximum Gasteiger partial charge on any atom is 0.419 e. The predicted molar refractivity (Wildman–Crippen MR) is 109 cm³/mol. The van der Waals surface area contributed by atoms with E-state index in [1.165, 1.54) is 12.1 Å². The van der Waals surface area contributed by atoms with Crippen molar-refractivity contribution in [2.24, 2.45) is 11.5 Å². The number of ether oxygens (including phenoxy) is 1. The number of hydrogen-bond acceptors (Lipinski definition) is 4.